The first kappa shape index (κ1) is 23.2. The van der Waals surface area contributed by atoms with Crippen LogP contribution in [-0.2, 0) is 27.2 Å². The Kier molecular flexibility index (Phi) is 9.03. The molecule has 1 aromatic heterocycles. The van der Waals surface area contributed by atoms with Crippen molar-refractivity contribution in [3.8, 4) is 0 Å². The van der Waals surface area contributed by atoms with Crippen molar-refractivity contribution >= 4 is 11.9 Å². The summed E-state index contributed by atoms with van der Waals surface area (Å²) in [6.07, 6.45) is 4.01. The van der Waals surface area contributed by atoms with Gasteiger partial charge in [0.15, 0.2) is 6.10 Å². The molecule has 1 rings (SSSR count). The van der Waals surface area contributed by atoms with Crippen LogP contribution in [0.1, 0.15) is 61.7 Å². The van der Waals surface area contributed by atoms with E-state index < -0.39 is 18.0 Å². The number of esters is 1. The number of carboxylic acid groups (broad SMARTS) is 1. The summed E-state index contributed by atoms with van der Waals surface area (Å²) >= 11 is 0. The molecule has 0 radical (unpaired) electrons. The molecule has 0 bridgehead atoms. The zero-order chi connectivity index (χ0) is 20.6. The summed E-state index contributed by atoms with van der Waals surface area (Å²) in [5.74, 6) is 0.203. The summed E-state index contributed by atoms with van der Waals surface area (Å²) in [7, 11) is 5.77. The Morgan fingerprint density at radius 1 is 1.07 bits per heavy atom. The van der Waals surface area contributed by atoms with E-state index in [0.29, 0.717) is 17.4 Å². The molecular weight excluding hydrogens is 346 g/mol. The number of likely N-dealkylation sites (N-methyl/N-ethyl adjacent to an activating group) is 1. The van der Waals surface area contributed by atoms with E-state index in [1.54, 1.807) is 0 Å². The van der Waals surface area contributed by atoms with E-state index >= 15 is 0 Å². The van der Waals surface area contributed by atoms with E-state index in [1.165, 1.54) is 6.42 Å². The molecule has 1 unspecified atom stereocenters. The summed E-state index contributed by atoms with van der Waals surface area (Å²) in [5, 5.41) is 10.9. The summed E-state index contributed by atoms with van der Waals surface area (Å²) in [5.41, 5.74) is 2.25. The Bertz CT molecular complexity index is 627. The molecule has 0 spiro atoms. The van der Waals surface area contributed by atoms with Gasteiger partial charge in [-0.05, 0) is 31.4 Å². The number of hydrogen-bond acceptors (Lipinski definition) is 5. The van der Waals surface area contributed by atoms with Crippen LogP contribution in [0.5, 0.6) is 0 Å². The number of quaternary nitrogens is 1. The molecule has 0 saturated heterocycles. The zero-order valence-electron chi connectivity index (χ0n) is 17.7. The predicted molar refractivity (Wildman–Crippen MR) is 102 cm³/mol. The van der Waals surface area contributed by atoms with E-state index in [2.05, 4.69) is 13.8 Å². The van der Waals surface area contributed by atoms with Crippen molar-refractivity contribution in [1.82, 2.24) is 0 Å². The standard InChI is InChI=1S/C21H35NO5/c1-7-8-9-10-18-15(2)16(3)19(27-18)11-12-21(25)26-17(13-20(23)24)14-22(4,5)6/h17H,7-14H2,1-6H3. The average molecular weight is 382 g/mol. The number of rotatable bonds is 12. The van der Waals surface area contributed by atoms with Crippen molar-refractivity contribution in [1.29, 1.82) is 0 Å². The molecule has 0 aliphatic carbocycles. The lowest BCUT2D eigenvalue weighted by atomic mass is 10.1. The van der Waals surface area contributed by atoms with Crippen molar-refractivity contribution in [3.63, 3.8) is 0 Å². The van der Waals surface area contributed by atoms with E-state index in [0.717, 1.165) is 41.9 Å². The zero-order valence-corrected chi connectivity index (χ0v) is 17.7. The lowest BCUT2D eigenvalue weighted by molar-refractivity contribution is -0.873. The number of furan rings is 1. The largest absolute Gasteiger partial charge is 0.550 e. The van der Waals surface area contributed by atoms with Gasteiger partial charge in [0.1, 0.15) is 18.1 Å². The molecule has 0 aliphatic rings. The van der Waals surface area contributed by atoms with Gasteiger partial charge in [0.05, 0.1) is 27.6 Å². The number of hydrogen-bond donors (Lipinski definition) is 0. The van der Waals surface area contributed by atoms with Crippen LogP contribution in [0.2, 0.25) is 0 Å². The molecule has 0 fully saturated rings. The van der Waals surface area contributed by atoms with Gasteiger partial charge in [-0.15, -0.1) is 0 Å². The molecule has 0 aliphatic heterocycles. The quantitative estimate of drug-likeness (QED) is 0.315. The molecule has 0 aromatic carbocycles. The molecule has 1 heterocycles. The molecule has 0 amide bonds. The first-order valence-electron chi connectivity index (χ1n) is 9.81. The lowest BCUT2D eigenvalue weighted by Gasteiger charge is -2.29. The van der Waals surface area contributed by atoms with Crippen molar-refractivity contribution in [2.24, 2.45) is 0 Å². The second-order valence-corrected chi connectivity index (χ2v) is 8.32. The lowest BCUT2D eigenvalue weighted by Crippen LogP contribution is -2.45. The maximum atomic E-state index is 12.2. The van der Waals surface area contributed by atoms with Crippen molar-refractivity contribution in [3.05, 3.63) is 22.6 Å². The van der Waals surface area contributed by atoms with Crippen LogP contribution in [0.25, 0.3) is 0 Å². The minimum atomic E-state index is -1.21. The highest BCUT2D eigenvalue weighted by molar-refractivity contribution is 5.71. The van der Waals surface area contributed by atoms with Gasteiger partial charge in [-0.3, -0.25) is 4.79 Å². The van der Waals surface area contributed by atoms with E-state index in [4.69, 9.17) is 9.15 Å². The average Bonchev–Trinajstić information content (AvgIpc) is 2.79. The van der Waals surface area contributed by atoms with Crippen LogP contribution >= 0.6 is 0 Å². The number of aryl methyl sites for hydroxylation is 2. The monoisotopic (exact) mass is 381 g/mol. The highest BCUT2D eigenvalue weighted by Gasteiger charge is 2.23. The van der Waals surface area contributed by atoms with E-state index in [-0.39, 0.29) is 12.8 Å². The minimum absolute atomic E-state index is 0.170. The maximum absolute atomic E-state index is 12.2. The highest BCUT2D eigenvalue weighted by Crippen LogP contribution is 2.24. The normalized spacial score (nSPS) is 12.8. The Morgan fingerprint density at radius 2 is 1.67 bits per heavy atom. The first-order valence-corrected chi connectivity index (χ1v) is 9.81. The van der Waals surface area contributed by atoms with Crippen LogP contribution in [0.15, 0.2) is 4.42 Å². The van der Waals surface area contributed by atoms with E-state index in [1.807, 2.05) is 28.1 Å². The molecule has 1 aromatic rings. The van der Waals surface area contributed by atoms with Gasteiger partial charge in [-0.1, -0.05) is 19.8 Å². The Hall–Kier alpha value is -1.82. The second-order valence-electron chi connectivity index (χ2n) is 8.32. The van der Waals surface area contributed by atoms with Crippen LogP contribution in [0.4, 0.5) is 0 Å². The molecule has 1 atom stereocenters. The fourth-order valence-electron chi connectivity index (χ4n) is 3.13. The van der Waals surface area contributed by atoms with Crippen LogP contribution < -0.4 is 5.11 Å². The third-order valence-electron chi connectivity index (χ3n) is 4.65. The molecule has 0 saturated carbocycles. The van der Waals surface area contributed by atoms with Gasteiger partial charge in [-0.25, -0.2) is 0 Å². The SMILES string of the molecule is CCCCCc1oc(CCC(=O)OC(CC(=O)[O-])C[N+](C)(C)C)c(C)c1C. The van der Waals surface area contributed by atoms with Gasteiger partial charge in [0.2, 0.25) is 0 Å². The number of carboxylic acids is 1. The van der Waals surface area contributed by atoms with Gasteiger partial charge in [-0.2, -0.15) is 0 Å². The molecule has 0 N–H and O–H groups in total. The number of carbonyl (C=O) groups is 2. The number of unbranched alkanes of at least 4 members (excludes halogenated alkanes) is 2. The highest BCUT2D eigenvalue weighted by atomic mass is 16.5. The molecular formula is C21H35NO5. The van der Waals surface area contributed by atoms with Crippen LogP contribution in [-0.4, -0.2) is 50.2 Å². The maximum Gasteiger partial charge on any atom is 0.306 e. The Morgan fingerprint density at radius 3 is 2.19 bits per heavy atom. The third kappa shape index (κ3) is 8.61. The fraction of sp³-hybridized carbons (Fsp3) is 0.714. The van der Waals surface area contributed by atoms with Gasteiger partial charge in [0.25, 0.3) is 0 Å². The van der Waals surface area contributed by atoms with Gasteiger partial charge < -0.3 is 23.5 Å². The topological polar surface area (TPSA) is 79.6 Å². The van der Waals surface area contributed by atoms with Crippen molar-refractivity contribution in [2.75, 3.05) is 27.7 Å². The molecule has 6 nitrogen and oxygen atoms in total. The minimum Gasteiger partial charge on any atom is -0.550 e. The number of ether oxygens (including phenoxy) is 1. The number of nitrogens with zero attached hydrogens (tertiary/aromatic N) is 1. The Balaban J connectivity index is 2.64. The second kappa shape index (κ2) is 10.5. The van der Waals surface area contributed by atoms with Crippen LogP contribution in [0.3, 0.4) is 0 Å². The van der Waals surface area contributed by atoms with Crippen molar-refractivity contribution in [2.45, 2.75) is 71.8 Å². The fourth-order valence-corrected chi connectivity index (χ4v) is 3.13. The number of aliphatic carboxylic acids is 1. The summed E-state index contributed by atoms with van der Waals surface area (Å²) < 4.78 is 11.9. The smallest absolute Gasteiger partial charge is 0.306 e. The number of carbonyl (C=O) groups excluding carboxylic acids is 2. The predicted octanol–water partition coefficient (Wildman–Crippen LogP) is 2.32. The summed E-state index contributed by atoms with van der Waals surface area (Å²) in [6.45, 7) is 6.65. The van der Waals surface area contributed by atoms with Gasteiger partial charge in [0, 0.05) is 25.2 Å². The third-order valence-corrected chi connectivity index (χ3v) is 4.65. The van der Waals surface area contributed by atoms with Gasteiger partial charge >= 0.3 is 5.97 Å². The first-order chi connectivity index (χ1) is 12.5. The molecule has 154 valence electrons. The summed E-state index contributed by atoms with van der Waals surface area (Å²) in [6, 6.07) is 0. The Labute approximate surface area is 163 Å². The van der Waals surface area contributed by atoms with E-state index in [9.17, 15) is 14.7 Å². The van der Waals surface area contributed by atoms with Crippen LogP contribution in [0, 0.1) is 13.8 Å². The molecule has 6 heteroatoms. The molecule has 27 heavy (non-hydrogen) atoms. The summed E-state index contributed by atoms with van der Waals surface area (Å²) in [4.78, 5) is 23.1. The van der Waals surface area contributed by atoms with Crippen molar-refractivity contribution < 1.29 is 28.3 Å².